The Balaban J connectivity index is 1.83. The van der Waals surface area contributed by atoms with Crippen LogP contribution < -0.4 is 5.73 Å². The van der Waals surface area contributed by atoms with Gasteiger partial charge in [0.15, 0.2) is 0 Å². The first-order valence-corrected chi connectivity index (χ1v) is 6.51. The van der Waals surface area contributed by atoms with Crippen molar-refractivity contribution in [2.75, 3.05) is 0 Å². The summed E-state index contributed by atoms with van der Waals surface area (Å²) >= 11 is 0. The van der Waals surface area contributed by atoms with Gasteiger partial charge in [0.2, 0.25) is 0 Å². The second-order valence-corrected chi connectivity index (χ2v) is 5.14. The fourth-order valence-corrected chi connectivity index (χ4v) is 2.94. The molecule has 1 aliphatic carbocycles. The van der Waals surface area contributed by atoms with E-state index in [1.165, 1.54) is 28.8 Å². The summed E-state index contributed by atoms with van der Waals surface area (Å²) in [7, 11) is 0. The van der Waals surface area contributed by atoms with Crippen molar-refractivity contribution in [3.05, 3.63) is 52.3 Å². The first-order chi connectivity index (χ1) is 8.70. The molecule has 3 rings (SSSR count). The summed E-state index contributed by atoms with van der Waals surface area (Å²) in [4.78, 5) is 0. The highest BCUT2D eigenvalue weighted by molar-refractivity contribution is 5.40. The van der Waals surface area contributed by atoms with Crippen LogP contribution in [0.25, 0.3) is 0 Å². The van der Waals surface area contributed by atoms with Crippen molar-refractivity contribution >= 4 is 0 Å². The maximum atomic E-state index is 5.77. The molecule has 2 N–H and O–H groups in total. The summed E-state index contributed by atoms with van der Waals surface area (Å²) in [5.74, 6) is 0.616. The van der Waals surface area contributed by atoms with Crippen molar-refractivity contribution < 1.29 is 0 Å². The van der Waals surface area contributed by atoms with Crippen molar-refractivity contribution in [3.63, 3.8) is 0 Å². The summed E-state index contributed by atoms with van der Waals surface area (Å²) in [6.07, 6.45) is 1.17. The Hall–Kier alpha value is -1.61. The third kappa shape index (κ3) is 1.66. The van der Waals surface area contributed by atoms with Crippen molar-refractivity contribution in [3.8, 4) is 0 Å². The monoisotopic (exact) mass is 241 g/mol. The zero-order valence-corrected chi connectivity index (χ0v) is 11.0. The Morgan fingerprint density at radius 2 is 2.11 bits per heavy atom. The van der Waals surface area contributed by atoms with Crippen molar-refractivity contribution in [1.82, 2.24) is 9.78 Å². The molecule has 18 heavy (non-hydrogen) atoms. The average Bonchev–Trinajstić information content (AvgIpc) is 2.61. The van der Waals surface area contributed by atoms with Gasteiger partial charge in [0.25, 0.3) is 0 Å². The molecule has 0 fully saturated rings. The third-order valence-electron chi connectivity index (χ3n) is 4.09. The van der Waals surface area contributed by atoms with Crippen molar-refractivity contribution in [2.24, 2.45) is 5.73 Å². The van der Waals surface area contributed by atoms with Crippen LogP contribution in [0.15, 0.2) is 24.3 Å². The number of benzene rings is 1. The van der Waals surface area contributed by atoms with Gasteiger partial charge in [-0.15, -0.1) is 0 Å². The van der Waals surface area contributed by atoms with E-state index in [-0.39, 0.29) is 0 Å². The van der Waals surface area contributed by atoms with Crippen LogP contribution >= 0.6 is 0 Å². The number of fused-ring (bicyclic) bond motifs is 1. The smallest absolute Gasteiger partial charge is 0.0641 e. The van der Waals surface area contributed by atoms with Crippen LogP contribution in [0.4, 0.5) is 0 Å². The lowest BCUT2D eigenvalue weighted by Gasteiger charge is -2.30. The van der Waals surface area contributed by atoms with E-state index in [2.05, 4.69) is 41.0 Å². The molecule has 0 bridgehead atoms. The van der Waals surface area contributed by atoms with Crippen LogP contribution in [0.2, 0.25) is 0 Å². The van der Waals surface area contributed by atoms with E-state index in [9.17, 15) is 0 Å². The Bertz CT molecular complexity index is 583. The van der Waals surface area contributed by atoms with Gasteiger partial charge in [-0.1, -0.05) is 24.3 Å². The van der Waals surface area contributed by atoms with E-state index < -0.39 is 0 Å². The molecule has 0 aliphatic heterocycles. The quantitative estimate of drug-likeness (QED) is 0.896. The summed E-state index contributed by atoms with van der Waals surface area (Å²) in [6.45, 7) is 5.72. The lowest BCUT2D eigenvalue weighted by atomic mass is 9.77. The zero-order chi connectivity index (χ0) is 12.7. The van der Waals surface area contributed by atoms with Gasteiger partial charge in [0, 0.05) is 30.3 Å². The molecular weight excluding hydrogens is 222 g/mol. The van der Waals surface area contributed by atoms with Crippen LogP contribution in [0.1, 0.15) is 34.0 Å². The topological polar surface area (TPSA) is 43.8 Å². The maximum absolute atomic E-state index is 5.77. The normalized spacial score (nSPS) is 17.4. The average molecular weight is 241 g/mol. The number of rotatable bonds is 3. The van der Waals surface area contributed by atoms with Crippen molar-refractivity contribution in [1.29, 1.82) is 0 Å². The number of aryl methyl sites for hydroxylation is 1. The fraction of sp³-hybridized carbons (Fsp3) is 0.400. The number of hydrogen-bond acceptors (Lipinski definition) is 2. The highest BCUT2D eigenvalue weighted by Crippen LogP contribution is 2.36. The molecule has 0 spiro atoms. The van der Waals surface area contributed by atoms with Crippen LogP contribution in [-0.4, -0.2) is 9.78 Å². The van der Waals surface area contributed by atoms with Gasteiger partial charge in [-0.2, -0.15) is 5.10 Å². The standard InChI is InChI=1S/C15H19N3/c1-10-15(8-16)11(2)18(17-10)9-13-7-12-5-3-4-6-14(12)13/h3-6,13H,7-9,16H2,1-2H3. The summed E-state index contributed by atoms with van der Waals surface area (Å²) in [6, 6.07) is 8.69. The van der Waals surface area contributed by atoms with Gasteiger partial charge in [-0.05, 0) is 31.4 Å². The lowest BCUT2D eigenvalue weighted by molar-refractivity contribution is 0.466. The highest BCUT2D eigenvalue weighted by atomic mass is 15.3. The van der Waals surface area contributed by atoms with Crippen LogP contribution in [0, 0.1) is 13.8 Å². The Morgan fingerprint density at radius 3 is 2.78 bits per heavy atom. The predicted molar refractivity (Wildman–Crippen MR) is 72.5 cm³/mol. The molecule has 1 aromatic heterocycles. The molecule has 2 aromatic rings. The van der Waals surface area contributed by atoms with Crippen molar-refractivity contribution in [2.45, 2.75) is 39.3 Å². The van der Waals surface area contributed by atoms with E-state index in [0.717, 1.165) is 12.2 Å². The molecule has 3 heteroatoms. The van der Waals surface area contributed by atoms with E-state index in [1.54, 1.807) is 0 Å². The zero-order valence-electron chi connectivity index (χ0n) is 11.0. The first kappa shape index (κ1) is 11.5. The SMILES string of the molecule is Cc1nn(CC2Cc3ccccc32)c(C)c1CN. The number of nitrogens with zero attached hydrogens (tertiary/aromatic N) is 2. The minimum atomic E-state index is 0.582. The fourth-order valence-electron chi connectivity index (χ4n) is 2.94. The Morgan fingerprint density at radius 1 is 1.33 bits per heavy atom. The van der Waals surface area contributed by atoms with Gasteiger partial charge < -0.3 is 5.73 Å². The molecule has 3 nitrogen and oxygen atoms in total. The molecule has 1 aliphatic rings. The van der Waals surface area contributed by atoms with Gasteiger partial charge >= 0.3 is 0 Å². The molecule has 0 amide bonds. The van der Waals surface area contributed by atoms with E-state index >= 15 is 0 Å². The molecule has 0 radical (unpaired) electrons. The second kappa shape index (κ2) is 4.25. The van der Waals surface area contributed by atoms with E-state index in [1.807, 2.05) is 6.92 Å². The Labute approximate surface area is 108 Å². The molecule has 1 atom stereocenters. The molecule has 0 saturated carbocycles. The van der Waals surface area contributed by atoms with Gasteiger partial charge in [-0.25, -0.2) is 0 Å². The summed E-state index contributed by atoms with van der Waals surface area (Å²) in [5, 5.41) is 4.61. The molecule has 94 valence electrons. The van der Waals surface area contributed by atoms with Gasteiger partial charge in [0.05, 0.1) is 5.69 Å². The number of aromatic nitrogens is 2. The summed E-state index contributed by atoms with van der Waals surface area (Å²) < 4.78 is 2.12. The minimum absolute atomic E-state index is 0.582. The van der Waals surface area contributed by atoms with Gasteiger partial charge in [-0.3, -0.25) is 4.68 Å². The predicted octanol–water partition coefficient (Wildman–Crippen LogP) is 2.30. The minimum Gasteiger partial charge on any atom is -0.326 e. The summed E-state index contributed by atoms with van der Waals surface area (Å²) in [5.41, 5.74) is 12.2. The molecule has 1 unspecified atom stereocenters. The van der Waals surface area contributed by atoms with E-state index in [4.69, 9.17) is 5.73 Å². The second-order valence-electron chi connectivity index (χ2n) is 5.14. The maximum Gasteiger partial charge on any atom is 0.0641 e. The van der Waals surface area contributed by atoms with Crippen LogP contribution in [0.5, 0.6) is 0 Å². The highest BCUT2D eigenvalue weighted by Gasteiger charge is 2.26. The lowest BCUT2D eigenvalue weighted by Crippen LogP contribution is -2.23. The molecule has 1 aromatic carbocycles. The van der Waals surface area contributed by atoms with Gasteiger partial charge in [0.1, 0.15) is 0 Å². The first-order valence-electron chi connectivity index (χ1n) is 6.51. The molecule has 1 heterocycles. The number of hydrogen-bond donors (Lipinski definition) is 1. The Kier molecular flexibility index (Phi) is 2.71. The third-order valence-corrected chi connectivity index (χ3v) is 4.09. The van der Waals surface area contributed by atoms with E-state index in [0.29, 0.717) is 12.5 Å². The van der Waals surface area contributed by atoms with Crippen LogP contribution in [-0.2, 0) is 19.5 Å². The molecular formula is C15H19N3. The van der Waals surface area contributed by atoms with Crippen LogP contribution in [0.3, 0.4) is 0 Å². The number of nitrogens with two attached hydrogens (primary N) is 1. The molecule has 0 saturated heterocycles. The largest absolute Gasteiger partial charge is 0.326 e.